The maximum atomic E-state index is 5.81. The lowest BCUT2D eigenvalue weighted by atomic mass is 10.2. The molecule has 0 bridgehead atoms. The average molecular weight is 203 g/mol. The van der Waals surface area contributed by atoms with Crippen LogP contribution in [0.25, 0.3) is 0 Å². The van der Waals surface area contributed by atoms with Gasteiger partial charge in [-0.15, -0.1) is 0 Å². The molecule has 3 heteroatoms. The highest BCUT2D eigenvalue weighted by Gasteiger charge is 2.45. The summed E-state index contributed by atoms with van der Waals surface area (Å²) in [6.45, 7) is 4.41. The van der Waals surface area contributed by atoms with Gasteiger partial charge in [-0.1, -0.05) is 32.0 Å². The van der Waals surface area contributed by atoms with Crippen LogP contribution in [0.4, 0.5) is 5.69 Å². The molecule has 1 fully saturated rings. The summed E-state index contributed by atoms with van der Waals surface area (Å²) in [5, 5.41) is 3.08. The number of anilines is 1. The van der Waals surface area contributed by atoms with Gasteiger partial charge in [0.2, 0.25) is 0 Å². The molecule has 15 heavy (non-hydrogen) atoms. The number of hydrogen-bond donors (Lipinski definition) is 2. The van der Waals surface area contributed by atoms with Crippen molar-refractivity contribution in [3.8, 4) is 0 Å². The molecule has 0 saturated heterocycles. The molecule has 0 aliphatic heterocycles. The van der Waals surface area contributed by atoms with Crippen molar-refractivity contribution in [2.45, 2.75) is 26.3 Å². The van der Waals surface area contributed by atoms with E-state index in [9.17, 15) is 0 Å². The van der Waals surface area contributed by atoms with Gasteiger partial charge in [0, 0.05) is 5.69 Å². The molecule has 2 rings (SSSR count). The number of nitrogens with zero attached hydrogens (tertiary/aromatic N) is 1. The third kappa shape index (κ3) is 2.49. The van der Waals surface area contributed by atoms with Crippen molar-refractivity contribution in [3.05, 3.63) is 30.3 Å². The molecule has 0 amide bonds. The van der Waals surface area contributed by atoms with Gasteiger partial charge in [0.05, 0.1) is 6.04 Å². The van der Waals surface area contributed by atoms with Gasteiger partial charge in [0.15, 0.2) is 5.96 Å². The first kappa shape index (κ1) is 10.0. The highest BCUT2D eigenvalue weighted by molar-refractivity contribution is 5.92. The summed E-state index contributed by atoms with van der Waals surface area (Å²) in [5.41, 5.74) is 7.13. The van der Waals surface area contributed by atoms with Crippen molar-refractivity contribution in [1.29, 1.82) is 0 Å². The van der Waals surface area contributed by atoms with Crippen LogP contribution in [-0.2, 0) is 0 Å². The van der Waals surface area contributed by atoms with E-state index in [4.69, 9.17) is 5.73 Å². The second kappa shape index (κ2) is 3.57. The summed E-state index contributed by atoms with van der Waals surface area (Å²) >= 11 is 0. The van der Waals surface area contributed by atoms with Gasteiger partial charge in [-0.3, -0.25) is 0 Å². The molecule has 1 unspecified atom stereocenters. The Morgan fingerprint density at radius 3 is 2.53 bits per heavy atom. The Labute approximate surface area is 90.4 Å². The summed E-state index contributed by atoms with van der Waals surface area (Å²) in [6.07, 6.45) is 1.13. The molecule has 1 aliphatic carbocycles. The number of hydrogen-bond acceptors (Lipinski definition) is 1. The molecule has 0 spiro atoms. The zero-order valence-electron chi connectivity index (χ0n) is 9.20. The second-order valence-electron chi connectivity index (χ2n) is 4.71. The van der Waals surface area contributed by atoms with Crippen molar-refractivity contribution in [1.82, 2.24) is 0 Å². The van der Waals surface area contributed by atoms with Crippen molar-refractivity contribution >= 4 is 11.6 Å². The van der Waals surface area contributed by atoms with E-state index in [1.165, 1.54) is 0 Å². The molecule has 3 N–H and O–H groups in total. The predicted molar refractivity (Wildman–Crippen MR) is 63.9 cm³/mol. The Morgan fingerprint density at radius 1 is 1.40 bits per heavy atom. The Hall–Kier alpha value is -1.51. The van der Waals surface area contributed by atoms with Crippen LogP contribution in [0.15, 0.2) is 35.3 Å². The van der Waals surface area contributed by atoms with Crippen molar-refractivity contribution in [2.24, 2.45) is 16.1 Å². The summed E-state index contributed by atoms with van der Waals surface area (Å²) in [6, 6.07) is 10.2. The molecule has 0 heterocycles. The zero-order valence-corrected chi connectivity index (χ0v) is 9.20. The Balaban J connectivity index is 1.96. The van der Waals surface area contributed by atoms with Crippen LogP contribution in [0.3, 0.4) is 0 Å². The molecule has 1 aromatic rings. The monoisotopic (exact) mass is 203 g/mol. The average Bonchev–Trinajstić information content (AvgIpc) is 2.74. The number of nitrogens with two attached hydrogens (primary N) is 1. The lowest BCUT2D eigenvalue weighted by Crippen LogP contribution is -2.23. The van der Waals surface area contributed by atoms with Crippen molar-refractivity contribution < 1.29 is 0 Å². The summed E-state index contributed by atoms with van der Waals surface area (Å²) in [5.74, 6) is 0.511. The smallest absolute Gasteiger partial charge is 0.193 e. The quantitative estimate of drug-likeness (QED) is 0.572. The molecule has 1 aromatic carbocycles. The van der Waals surface area contributed by atoms with E-state index in [0.29, 0.717) is 17.4 Å². The largest absolute Gasteiger partial charge is 0.370 e. The van der Waals surface area contributed by atoms with Gasteiger partial charge >= 0.3 is 0 Å². The van der Waals surface area contributed by atoms with E-state index >= 15 is 0 Å². The van der Waals surface area contributed by atoms with E-state index in [-0.39, 0.29) is 0 Å². The van der Waals surface area contributed by atoms with E-state index in [1.807, 2.05) is 30.3 Å². The van der Waals surface area contributed by atoms with Crippen molar-refractivity contribution in [2.75, 3.05) is 5.32 Å². The van der Waals surface area contributed by atoms with Crippen molar-refractivity contribution in [3.63, 3.8) is 0 Å². The molecule has 1 aliphatic rings. The van der Waals surface area contributed by atoms with Gasteiger partial charge in [0.25, 0.3) is 0 Å². The second-order valence-corrected chi connectivity index (χ2v) is 4.71. The van der Waals surface area contributed by atoms with Gasteiger partial charge in [0.1, 0.15) is 0 Å². The molecule has 80 valence electrons. The first-order valence-corrected chi connectivity index (χ1v) is 5.23. The van der Waals surface area contributed by atoms with Gasteiger partial charge in [-0.25, -0.2) is 4.99 Å². The molecule has 0 radical (unpaired) electrons. The highest BCUT2D eigenvalue weighted by Crippen LogP contribution is 2.47. The minimum absolute atomic E-state index is 0.336. The SMILES string of the molecule is CC1(C)CC1N=C(N)Nc1ccccc1. The molecule has 1 saturated carbocycles. The fraction of sp³-hybridized carbons (Fsp3) is 0.417. The first-order valence-electron chi connectivity index (χ1n) is 5.23. The first-order chi connectivity index (χ1) is 7.08. The summed E-state index contributed by atoms with van der Waals surface area (Å²) in [7, 11) is 0. The molecule has 3 nitrogen and oxygen atoms in total. The van der Waals surface area contributed by atoms with Crippen LogP contribution in [0.2, 0.25) is 0 Å². The number of nitrogens with one attached hydrogen (secondary N) is 1. The van der Waals surface area contributed by atoms with Crippen LogP contribution in [0, 0.1) is 5.41 Å². The number of rotatable bonds is 2. The van der Waals surface area contributed by atoms with Crippen LogP contribution < -0.4 is 11.1 Å². The van der Waals surface area contributed by atoms with Crippen LogP contribution in [-0.4, -0.2) is 12.0 Å². The Bertz CT molecular complexity index is 368. The third-order valence-corrected chi connectivity index (χ3v) is 2.80. The number of benzene rings is 1. The number of para-hydroxylation sites is 1. The molecule has 1 atom stereocenters. The third-order valence-electron chi connectivity index (χ3n) is 2.80. The molecular weight excluding hydrogens is 186 g/mol. The molecular formula is C12H17N3. The Morgan fingerprint density at radius 2 is 2.00 bits per heavy atom. The normalized spacial score (nSPS) is 23.6. The highest BCUT2D eigenvalue weighted by atomic mass is 15.1. The number of guanidine groups is 1. The maximum absolute atomic E-state index is 5.81. The van der Waals surface area contributed by atoms with E-state index in [2.05, 4.69) is 24.2 Å². The summed E-state index contributed by atoms with van der Waals surface area (Å²) < 4.78 is 0. The van der Waals surface area contributed by atoms with E-state index < -0.39 is 0 Å². The minimum Gasteiger partial charge on any atom is -0.370 e. The summed E-state index contributed by atoms with van der Waals surface area (Å²) in [4.78, 5) is 4.42. The number of aliphatic imine (C=N–C) groups is 1. The van der Waals surface area contributed by atoms with E-state index in [1.54, 1.807) is 0 Å². The zero-order chi connectivity index (χ0) is 10.9. The van der Waals surface area contributed by atoms with Crippen LogP contribution in [0.1, 0.15) is 20.3 Å². The van der Waals surface area contributed by atoms with Gasteiger partial charge < -0.3 is 11.1 Å². The maximum Gasteiger partial charge on any atom is 0.193 e. The van der Waals surface area contributed by atoms with Crippen LogP contribution in [0.5, 0.6) is 0 Å². The lowest BCUT2D eigenvalue weighted by molar-refractivity contribution is 0.618. The van der Waals surface area contributed by atoms with Gasteiger partial charge in [-0.2, -0.15) is 0 Å². The Kier molecular flexibility index (Phi) is 2.39. The van der Waals surface area contributed by atoms with Crippen LogP contribution >= 0.6 is 0 Å². The predicted octanol–water partition coefficient (Wildman–Crippen LogP) is 2.21. The fourth-order valence-electron chi connectivity index (χ4n) is 1.53. The molecule has 0 aromatic heterocycles. The fourth-order valence-corrected chi connectivity index (χ4v) is 1.53. The topological polar surface area (TPSA) is 50.4 Å². The standard InChI is InChI=1S/C12H17N3/c1-12(2)8-10(12)15-11(13)14-9-6-4-3-5-7-9/h3-7,10H,8H2,1-2H3,(H3,13,14,15). The van der Waals surface area contributed by atoms with E-state index in [0.717, 1.165) is 12.1 Å². The van der Waals surface area contributed by atoms with Gasteiger partial charge in [-0.05, 0) is 24.0 Å². The lowest BCUT2D eigenvalue weighted by Gasteiger charge is -2.05. The minimum atomic E-state index is 0.336.